The number of carbonyl (C=O) groups excluding carboxylic acids is 1. The number of rotatable bonds is 8. The average molecular weight is 496 g/mol. The highest BCUT2D eigenvalue weighted by Gasteiger charge is 2.21. The molecule has 3 aromatic heterocycles. The van der Waals surface area contributed by atoms with Crippen molar-refractivity contribution in [1.82, 2.24) is 39.5 Å². The molecule has 0 bridgehead atoms. The van der Waals surface area contributed by atoms with E-state index in [1.807, 2.05) is 39.7 Å². The molecule has 1 saturated heterocycles. The van der Waals surface area contributed by atoms with E-state index in [2.05, 4.69) is 65.5 Å². The van der Waals surface area contributed by atoms with Gasteiger partial charge in [-0.3, -0.25) is 9.69 Å². The lowest BCUT2D eigenvalue weighted by atomic mass is 10.2. The molecule has 1 fully saturated rings. The maximum absolute atomic E-state index is 12.5. The second kappa shape index (κ2) is 10.4. The fourth-order valence-corrected chi connectivity index (χ4v) is 4.90. The van der Waals surface area contributed by atoms with Crippen LogP contribution in [0, 0.1) is 0 Å². The minimum atomic E-state index is -0.0664. The summed E-state index contributed by atoms with van der Waals surface area (Å²) in [5.41, 5.74) is 3.95. The number of amides is 1. The lowest BCUT2D eigenvalue weighted by molar-refractivity contribution is -0.121. The number of hydrogen-bond donors (Lipinski definition) is 1. The number of nitrogens with one attached hydrogen (secondary N) is 1. The van der Waals surface area contributed by atoms with Gasteiger partial charge in [-0.2, -0.15) is 5.10 Å². The number of para-hydroxylation sites is 2. The maximum atomic E-state index is 12.5. The zero-order chi connectivity index (χ0) is 25.0. The molecular formula is C27H29N9O. The Morgan fingerprint density at radius 3 is 2.59 bits per heavy atom. The molecule has 188 valence electrons. The van der Waals surface area contributed by atoms with Crippen molar-refractivity contribution in [2.75, 3.05) is 37.6 Å². The Balaban J connectivity index is 1.05. The van der Waals surface area contributed by atoms with Crippen molar-refractivity contribution < 1.29 is 4.79 Å². The van der Waals surface area contributed by atoms with Crippen LogP contribution in [0.25, 0.3) is 22.1 Å². The molecule has 1 aliphatic heterocycles. The lowest BCUT2D eigenvalue weighted by Gasteiger charge is -2.35. The number of anilines is 1. The number of nitrogens with zero attached hydrogens (tertiary/aromatic N) is 8. The molecule has 37 heavy (non-hydrogen) atoms. The van der Waals surface area contributed by atoms with Crippen LogP contribution in [0.2, 0.25) is 0 Å². The third kappa shape index (κ3) is 5.01. The summed E-state index contributed by atoms with van der Waals surface area (Å²) in [5.74, 6) is 0.856. The largest absolute Gasteiger partial charge is 0.353 e. The highest BCUT2D eigenvalue weighted by molar-refractivity contribution is 5.86. The minimum Gasteiger partial charge on any atom is -0.353 e. The fourth-order valence-electron chi connectivity index (χ4n) is 4.90. The van der Waals surface area contributed by atoms with Gasteiger partial charge in [0.1, 0.15) is 18.7 Å². The van der Waals surface area contributed by atoms with Crippen molar-refractivity contribution in [3.8, 4) is 0 Å². The van der Waals surface area contributed by atoms with Gasteiger partial charge in [-0.05, 0) is 17.7 Å². The van der Waals surface area contributed by atoms with Crippen LogP contribution in [0.3, 0.4) is 0 Å². The quantitative estimate of drug-likeness (QED) is 0.353. The molecule has 10 nitrogen and oxygen atoms in total. The van der Waals surface area contributed by atoms with Gasteiger partial charge in [0, 0.05) is 39.3 Å². The first-order chi connectivity index (χ1) is 18.2. The molecule has 0 unspecified atom stereocenters. The van der Waals surface area contributed by atoms with E-state index in [9.17, 15) is 4.79 Å². The predicted molar refractivity (Wildman–Crippen MR) is 142 cm³/mol. The number of benzene rings is 2. The van der Waals surface area contributed by atoms with Crippen LogP contribution < -0.4 is 10.2 Å². The van der Waals surface area contributed by atoms with Gasteiger partial charge in [0.25, 0.3) is 0 Å². The van der Waals surface area contributed by atoms with Crippen molar-refractivity contribution in [3.63, 3.8) is 0 Å². The Kier molecular flexibility index (Phi) is 6.47. The van der Waals surface area contributed by atoms with Crippen LogP contribution >= 0.6 is 0 Å². The Bertz CT molecular complexity index is 1500. The number of piperazine rings is 1. The summed E-state index contributed by atoms with van der Waals surface area (Å²) in [6.07, 6.45) is 5.14. The summed E-state index contributed by atoms with van der Waals surface area (Å²) in [7, 11) is 0. The van der Waals surface area contributed by atoms with Crippen molar-refractivity contribution in [2.45, 2.75) is 19.6 Å². The van der Waals surface area contributed by atoms with Gasteiger partial charge in [0.2, 0.25) is 5.91 Å². The monoisotopic (exact) mass is 495 g/mol. The molecule has 1 N–H and O–H groups in total. The minimum absolute atomic E-state index is 0.0664. The second-order valence-electron chi connectivity index (χ2n) is 9.26. The summed E-state index contributed by atoms with van der Waals surface area (Å²) in [6, 6.07) is 18.4. The molecule has 1 amide bonds. The van der Waals surface area contributed by atoms with Gasteiger partial charge in [0.05, 0.1) is 35.5 Å². The Labute approximate surface area is 214 Å². The van der Waals surface area contributed by atoms with Gasteiger partial charge in [0.15, 0.2) is 5.65 Å². The van der Waals surface area contributed by atoms with Gasteiger partial charge >= 0.3 is 0 Å². The van der Waals surface area contributed by atoms with Crippen LogP contribution in [0.4, 0.5) is 5.82 Å². The van der Waals surface area contributed by atoms with Crippen molar-refractivity contribution in [3.05, 3.63) is 79.0 Å². The van der Waals surface area contributed by atoms with E-state index in [1.54, 1.807) is 12.7 Å². The third-order valence-corrected chi connectivity index (χ3v) is 6.82. The standard InChI is InChI=1S/C27H29N9O/c37-25(18-35-20-31-23-8-4-5-9-24(23)35)28-10-11-36-27-22(16-32-36)26(29-19-30-27)34-14-12-33(13-15-34)17-21-6-2-1-3-7-21/h1-9,16,19-20H,10-15,17-18H2,(H,28,37). The zero-order valence-corrected chi connectivity index (χ0v) is 20.6. The molecule has 2 aromatic carbocycles. The fraction of sp³-hybridized carbons (Fsp3) is 0.296. The summed E-state index contributed by atoms with van der Waals surface area (Å²) >= 11 is 0. The summed E-state index contributed by atoms with van der Waals surface area (Å²) < 4.78 is 3.69. The van der Waals surface area contributed by atoms with Gasteiger partial charge in [-0.15, -0.1) is 0 Å². The van der Waals surface area contributed by atoms with E-state index in [1.165, 1.54) is 5.56 Å². The number of imidazole rings is 1. The second-order valence-corrected chi connectivity index (χ2v) is 9.26. The van der Waals surface area contributed by atoms with Crippen LogP contribution in [-0.2, 0) is 24.4 Å². The maximum Gasteiger partial charge on any atom is 0.240 e. The Morgan fingerprint density at radius 1 is 0.919 bits per heavy atom. The van der Waals surface area contributed by atoms with E-state index in [0.29, 0.717) is 13.1 Å². The highest BCUT2D eigenvalue weighted by atomic mass is 16.1. The van der Waals surface area contributed by atoms with Gasteiger partial charge in [-0.1, -0.05) is 42.5 Å². The molecule has 0 atom stereocenters. The van der Waals surface area contributed by atoms with E-state index in [-0.39, 0.29) is 12.5 Å². The Hall–Kier alpha value is -4.31. The van der Waals surface area contributed by atoms with E-state index in [0.717, 1.165) is 60.6 Å². The van der Waals surface area contributed by atoms with Crippen LogP contribution in [0.1, 0.15) is 5.56 Å². The Morgan fingerprint density at radius 2 is 1.73 bits per heavy atom. The molecule has 0 saturated carbocycles. The van der Waals surface area contributed by atoms with Crippen molar-refractivity contribution in [1.29, 1.82) is 0 Å². The van der Waals surface area contributed by atoms with Crippen molar-refractivity contribution >= 4 is 33.8 Å². The van der Waals surface area contributed by atoms with E-state index >= 15 is 0 Å². The zero-order valence-electron chi connectivity index (χ0n) is 20.6. The number of hydrogen-bond acceptors (Lipinski definition) is 7. The van der Waals surface area contributed by atoms with E-state index in [4.69, 9.17) is 0 Å². The summed E-state index contributed by atoms with van der Waals surface area (Å²) in [6.45, 7) is 5.95. The average Bonchev–Trinajstić information content (AvgIpc) is 3.54. The molecule has 4 heterocycles. The number of fused-ring (bicyclic) bond motifs is 2. The predicted octanol–water partition coefficient (Wildman–Crippen LogP) is 2.31. The molecule has 0 aliphatic carbocycles. The summed E-state index contributed by atoms with van der Waals surface area (Å²) in [4.78, 5) is 30.7. The van der Waals surface area contributed by atoms with Crippen LogP contribution in [0.5, 0.6) is 0 Å². The molecule has 10 heteroatoms. The van der Waals surface area contributed by atoms with Crippen molar-refractivity contribution in [2.24, 2.45) is 0 Å². The van der Waals surface area contributed by atoms with Crippen LogP contribution in [-0.4, -0.2) is 72.8 Å². The molecule has 5 aromatic rings. The first kappa shape index (κ1) is 23.1. The van der Waals surface area contributed by atoms with Crippen LogP contribution in [0.15, 0.2) is 73.4 Å². The number of carbonyl (C=O) groups is 1. The molecule has 6 rings (SSSR count). The van der Waals surface area contributed by atoms with Gasteiger partial charge in [-0.25, -0.2) is 19.6 Å². The SMILES string of the molecule is O=C(Cn1cnc2ccccc21)NCCn1ncc2c(N3CCN(Cc4ccccc4)CC3)ncnc21. The molecule has 1 aliphatic rings. The normalized spacial score (nSPS) is 14.4. The smallest absolute Gasteiger partial charge is 0.240 e. The third-order valence-electron chi connectivity index (χ3n) is 6.82. The van der Waals surface area contributed by atoms with Gasteiger partial charge < -0.3 is 14.8 Å². The molecule has 0 spiro atoms. The topological polar surface area (TPSA) is 97.0 Å². The summed E-state index contributed by atoms with van der Waals surface area (Å²) in [5, 5.41) is 8.47. The first-order valence-corrected chi connectivity index (χ1v) is 12.6. The molecule has 0 radical (unpaired) electrons. The first-order valence-electron chi connectivity index (χ1n) is 12.6. The highest BCUT2D eigenvalue weighted by Crippen LogP contribution is 2.24. The lowest BCUT2D eigenvalue weighted by Crippen LogP contribution is -2.46. The number of aromatic nitrogens is 6. The molecular weight excluding hydrogens is 466 g/mol. The van der Waals surface area contributed by atoms with E-state index < -0.39 is 0 Å².